The Bertz CT molecular complexity index is 576. The summed E-state index contributed by atoms with van der Waals surface area (Å²) in [5.74, 6) is 6.95. The quantitative estimate of drug-likeness (QED) is 0.642. The minimum Gasteiger partial charge on any atom is -0.446 e. The fourth-order valence-corrected chi connectivity index (χ4v) is 1.85. The zero-order valence-corrected chi connectivity index (χ0v) is 11.2. The van der Waals surface area contributed by atoms with Crippen LogP contribution < -0.4 is 0 Å². The molecule has 0 saturated carbocycles. The van der Waals surface area contributed by atoms with Gasteiger partial charge in [-0.15, -0.1) is 0 Å². The third-order valence-electron chi connectivity index (χ3n) is 2.09. The van der Waals surface area contributed by atoms with Crippen LogP contribution in [0.4, 0.5) is 0 Å². The van der Waals surface area contributed by atoms with Gasteiger partial charge >= 0.3 is 0 Å². The molecular weight excluding hydrogens is 264 g/mol. The standard InChI is InChI=1S/C14H13BrO/c1-14(2,3)9-8-12-13(15)10-6-4-5-7-11(10)16-12/h4-7H,1-3H3. The number of rotatable bonds is 0. The molecule has 82 valence electrons. The van der Waals surface area contributed by atoms with E-state index in [2.05, 4.69) is 48.5 Å². The van der Waals surface area contributed by atoms with E-state index in [1.807, 2.05) is 24.3 Å². The molecule has 0 amide bonds. The Kier molecular flexibility index (Phi) is 2.82. The molecular formula is C14H13BrO. The van der Waals surface area contributed by atoms with Gasteiger partial charge in [-0.2, -0.15) is 0 Å². The second-order valence-corrected chi connectivity index (χ2v) is 5.53. The Labute approximate surface area is 104 Å². The van der Waals surface area contributed by atoms with Gasteiger partial charge in [0.15, 0.2) is 5.76 Å². The monoisotopic (exact) mass is 276 g/mol. The van der Waals surface area contributed by atoms with Crippen molar-refractivity contribution in [3.05, 3.63) is 34.5 Å². The van der Waals surface area contributed by atoms with Crippen molar-refractivity contribution in [3.63, 3.8) is 0 Å². The van der Waals surface area contributed by atoms with Crippen LogP contribution in [-0.2, 0) is 0 Å². The minimum absolute atomic E-state index is 0.0155. The zero-order chi connectivity index (χ0) is 11.8. The molecule has 2 aromatic rings. The summed E-state index contributed by atoms with van der Waals surface area (Å²) >= 11 is 3.52. The van der Waals surface area contributed by atoms with E-state index >= 15 is 0 Å². The van der Waals surface area contributed by atoms with Crippen LogP contribution in [-0.4, -0.2) is 0 Å². The van der Waals surface area contributed by atoms with Gasteiger partial charge in [-0.1, -0.05) is 18.1 Å². The van der Waals surface area contributed by atoms with Crippen molar-refractivity contribution in [1.29, 1.82) is 0 Å². The van der Waals surface area contributed by atoms with Gasteiger partial charge in [0.25, 0.3) is 0 Å². The molecule has 1 aromatic heterocycles. The SMILES string of the molecule is CC(C)(C)C#Cc1oc2ccccc2c1Br. The summed E-state index contributed by atoms with van der Waals surface area (Å²) in [5.41, 5.74) is 0.853. The largest absolute Gasteiger partial charge is 0.446 e. The van der Waals surface area contributed by atoms with Gasteiger partial charge in [0.05, 0.1) is 4.47 Å². The van der Waals surface area contributed by atoms with E-state index in [-0.39, 0.29) is 5.41 Å². The number of hydrogen-bond acceptors (Lipinski definition) is 1. The summed E-state index contributed by atoms with van der Waals surface area (Å²) < 4.78 is 6.62. The fraction of sp³-hybridized carbons (Fsp3) is 0.286. The van der Waals surface area contributed by atoms with Crippen LogP contribution in [0.5, 0.6) is 0 Å². The van der Waals surface area contributed by atoms with Crippen LogP contribution in [0, 0.1) is 17.3 Å². The Hall–Kier alpha value is -1.20. The van der Waals surface area contributed by atoms with Crippen LogP contribution in [0.3, 0.4) is 0 Å². The Morgan fingerprint density at radius 2 is 1.88 bits per heavy atom. The Balaban J connectivity index is 2.53. The predicted octanol–water partition coefficient (Wildman–Crippen LogP) is 4.59. The van der Waals surface area contributed by atoms with Crippen LogP contribution in [0.25, 0.3) is 11.0 Å². The highest BCUT2D eigenvalue weighted by molar-refractivity contribution is 9.10. The summed E-state index contributed by atoms with van der Waals surface area (Å²) in [6, 6.07) is 7.91. The number of para-hydroxylation sites is 1. The molecule has 0 saturated heterocycles. The van der Waals surface area contributed by atoms with Gasteiger partial charge < -0.3 is 4.42 Å². The average molecular weight is 277 g/mol. The van der Waals surface area contributed by atoms with Gasteiger partial charge in [0.2, 0.25) is 0 Å². The van der Waals surface area contributed by atoms with Crippen molar-refractivity contribution in [2.75, 3.05) is 0 Å². The minimum atomic E-state index is -0.0155. The highest BCUT2D eigenvalue weighted by Gasteiger charge is 2.10. The van der Waals surface area contributed by atoms with E-state index < -0.39 is 0 Å². The Morgan fingerprint density at radius 1 is 1.19 bits per heavy atom. The molecule has 0 spiro atoms. The Morgan fingerprint density at radius 3 is 2.50 bits per heavy atom. The first-order chi connectivity index (χ1) is 7.47. The highest BCUT2D eigenvalue weighted by atomic mass is 79.9. The first kappa shape index (κ1) is 11.3. The van der Waals surface area contributed by atoms with Gasteiger partial charge in [-0.3, -0.25) is 0 Å². The maximum absolute atomic E-state index is 5.67. The lowest BCUT2D eigenvalue weighted by Crippen LogP contribution is -1.99. The van der Waals surface area contributed by atoms with E-state index in [4.69, 9.17) is 4.42 Å². The molecule has 1 heterocycles. The van der Waals surface area contributed by atoms with E-state index in [1.165, 1.54) is 0 Å². The first-order valence-electron chi connectivity index (χ1n) is 5.17. The summed E-state index contributed by atoms with van der Waals surface area (Å²) in [6.45, 7) is 6.24. The number of benzene rings is 1. The molecule has 0 unspecified atom stereocenters. The van der Waals surface area contributed by atoms with E-state index in [1.54, 1.807) is 0 Å². The maximum atomic E-state index is 5.67. The molecule has 0 aliphatic rings. The lowest BCUT2D eigenvalue weighted by Gasteiger charge is -2.06. The van der Waals surface area contributed by atoms with Crippen molar-refractivity contribution < 1.29 is 4.42 Å². The third kappa shape index (κ3) is 2.31. The molecule has 16 heavy (non-hydrogen) atoms. The molecule has 1 nitrogen and oxygen atoms in total. The van der Waals surface area contributed by atoms with Crippen LogP contribution in [0.2, 0.25) is 0 Å². The van der Waals surface area contributed by atoms with Gasteiger partial charge in [-0.05, 0) is 54.8 Å². The predicted molar refractivity (Wildman–Crippen MR) is 70.2 cm³/mol. The van der Waals surface area contributed by atoms with E-state index in [9.17, 15) is 0 Å². The average Bonchev–Trinajstić information content (AvgIpc) is 2.53. The van der Waals surface area contributed by atoms with Crippen molar-refractivity contribution in [2.45, 2.75) is 20.8 Å². The molecule has 2 heteroatoms. The maximum Gasteiger partial charge on any atom is 0.192 e. The molecule has 0 aliphatic carbocycles. The molecule has 0 fully saturated rings. The topological polar surface area (TPSA) is 13.1 Å². The lowest BCUT2D eigenvalue weighted by atomic mass is 9.98. The van der Waals surface area contributed by atoms with Crippen molar-refractivity contribution in [3.8, 4) is 11.8 Å². The molecule has 2 rings (SSSR count). The third-order valence-corrected chi connectivity index (χ3v) is 2.87. The van der Waals surface area contributed by atoms with Crippen LogP contribution >= 0.6 is 15.9 Å². The summed E-state index contributed by atoms with van der Waals surface area (Å²) in [4.78, 5) is 0. The zero-order valence-electron chi connectivity index (χ0n) is 9.60. The number of furan rings is 1. The normalized spacial score (nSPS) is 11.2. The molecule has 0 aliphatic heterocycles. The van der Waals surface area contributed by atoms with E-state index in [0.29, 0.717) is 5.76 Å². The highest BCUT2D eigenvalue weighted by Crippen LogP contribution is 2.30. The number of halogens is 1. The van der Waals surface area contributed by atoms with Crippen LogP contribution in [0.15, 0.2) is 33.2 Å². The number of hydrogen-bond donors (Lipinski definition) is 0. The smallest absolute Gasteiger partial charge is 0.192 e. The van der Waals surface area contributed by atoms with Crippen molar-refractivity contribution in [1.82, 2.24) is 0 Å². The van der Waals surface area contributed by atoms with Crippen LogP contribution in [0.1, 0.15) is 26.5 Å². The van der Waals surface area contributed by atoms with Crippen molar-refractivity contribution >= 4 is 26.9 Å². The lowest BCUT2D eigenvalue weighted by molar-refractivity contribution is 0.566. The van der Waals surface area contributed by atoms with Gasteiger partial charge in [0.1, 0.15) is 5.58 Å². The van der Waals surface area contributed by atoms with Gasteiger partial charge in [0, 0.05) is 10.8 Å². The molecule has 0 atom stereocenters. The van der Waals surface area contributed by atoms with Crippen molar-refractivity contribution in [2.24, 2.45) is 5.41 Å². The molecule has 0 N–H and O–H groups in total. The molecule has 1 aromatic carbocycles. The second kappa shape index (κ2) is 3.99. The fourth-order valence-electron chi connectivity index (χ4n) is 1.34. The second-order valence-electron chi connectivity index (χ2n) is 4.74. The molecule has 0 bridgehead atoms. The summed E-state index contributed by atoms with van der Waals surface area (Å²) in [6.07, 6.45) is 0. The summed E-state index contributed by atoms with van der Waals surface area (Å²) in [7, 11) is 0. The number of fused-ring (bicyclic) bond motifs is 1. The first-order valence-corrected chi connectivity index (χ1v) is 5.97. The van der Waals surface area contributed by atoms with E-state index in [0.717, 1.165) is 15.4 Å². The van der Waals surface area contributed by atoms with Gasteiger partial charge in [-0.25, -0.2) is 0 Å². The summed E-state index contributed by atoms with van der Waals surface area (Å²) in [5, 5.41) is 1.07. The molecule has 0 radical (unpaired) electrons.